The molecule has 1 aromatic heterocycles. The lowest BCUT2D eigenvalue weighted by Crippen LogP contribution is -2.16. The number of nitrogens with one attached hydrogen (secondary N) is 1. The number of nitrogens with zero attached hydrogens (tertiary/aromatic N) is 2. The van der Waals surface area contributed by atoms with Gasteiger partial charge in [-0.15, -0.1) is 0 Å². The van der Waals surface area contributed by atoms with E-state index in [0.29, 0.717) is 18.8 Å². The zero-order valence-electron chi connectivity index (χ0n) is 16.1. The first-order valence-electron chi connectivity index (χ1n) is 9.22. The summed E-state index contributed by atoms with van der Waals surface area (Å²) in [5, 5.41) is 7.32. The number of carbonyl (C=O) groups excluding carboxylic acids is 1. The van der Waals surface area contributed by atoms with Gasteiger partial charge in [-0.25, -0.2) is 0 Å². The molecule has 0 bridgehead atoms. The minimum Gasteiger partial charge on any atom is -0.399 e. The SMILES string of the molecule is CCc1ccc(Cn2ccc(NC(=O)Cc3ccc(N)c(C)c3C)n2)cc1. The van der Waals surface area contributed by atoms with Crippen LogP contribution in [0.5, 0.6) is 0 Å². The quantitative estimate of drug-likeness (QED) is 0.654. The number of nitrogen functional groups attached to an aromatic ring is 1. The summed E-state index contributed by atoms with van der Waals surface area (Å²) < 4.78 is 1.83. The van der Waals surface area contributed by atoms with E-state index >= 15 is 0 Å². The van der Waals surface area contributed by atoms with Gasteiger partial charge in [0.05, 0.1) is 13.0 Å². The van der Waals surface area contributed by atoms with E-state index < -0.39 is 0 Å². The summed E-state index contributed by atoms with van der Waals surface area (Å²) in [6.07, 6.45) is 3.21. The molecule has 5 nitrogen and oxygen atoms in total. The summed E-state index contributed by atoms with van der Waals surface area (Å²) >= 11 is 0. The van der Waals surface area contributed by atoms with Crippen molar-refractivity contribution < 1.29 is 4.79 Å². The lowest BCUT2D eigenvalue weighted by atomic mass is 9.99. The molecule has 0 saturated heterocycles. The molecule has 3 N–H and O–H groups in total. The molecule has 0 spiro atoms. The lowest BCUT2D eigenvalue weighted by Gasteiger charge is -2.10. The predicted molar refractivity (Wildman–Crippen MR) is 110 cm³/mol. The molecule has 3 rings (SSSR count). The maximum Gasteiger partial charge on any atom is 0.230 e. The largest absolute Gasteiger partial charge is 0.399 e. The molecule has 0 aliphatic heterocycles. The number of hydrogen-bond donors (Lipinski definition) is 2. The molecule has 0 aliphatic carbocycles. The maximum absolute atomic E-state index is 12.4. The highest BCUT2D eigenvalue weighted by Crippen LogP contribution is 2.20. The van der Waals surface area contributed by atoms with Crippen molar-refractivity contribution in [2.24, 2.45) is 0 Å². The maximum atomic E-state index is 12.4. The van der Waals surface area contributed by atoms with Crippen molar-refractivity contribution in [2.75, 3.05) is 11.1 Å². The van der Waals surface area contributed by atoms with E-state index in [1.54, 1.807) is 0 Å². The molecule has 3 aromatic rings. The molecule has 0 unspecified atom stereocenters. The molecule has 0 atom stereocenters. The standard InChI is InChI=1S/C22H26N4O/c1-4-17-5-7-18(8-6-17)14-26-12-11-21(25-26)24-22(27)13-19-9-10-20(23)16(3)15(19)2/h5-12H,4,13-14,23H2,1-3H3,(H,24,25,27). The number of anilines is 2. The summed E-state index contributed by atoms with van der Waals surface area (Å²) in [4.78, 5) is 12.4. The van der Waals surface area contributed by atoms with E-state index in [1.165, 1.54) is 11.1 Å². The molecular formula is C22H26N4O. The Hall–Kier alpha value is -3.08. The highest BCUT2D eigenvalue weighted by atomic mass is 16.1. The highest BCUT2D eigenvalue weighted by Gasteiger charge is 2.10. The molecule has 0 radical (unpaired) electrons. The fraction of sp³-hybridized carbons (Fsp3) is 0.273. The van der Waals surface area contributed by atoms with Gasteiger partial charge in [0.15, 0.2) is 5.82 Å². The van der Waals surface area contributed by atoms with Crippen LogP contribution in [-0.4, -0.2) is 15.7 Å². The third-order valence-electron chi connectivity index (χ3n) is 4.98. The second-order valence-electron chi connectivity index (χ2n) is 6.86. The smallest absolute Gasteiger partial charge is 0.230 e. The van der Waals surface area contributed by atoms with Crippen LogP contribution >= 0.6 is 0 Å². The van der Waals surface area contributed by atoms with Gasteiger partial charge in [-0.3, -0.25) is 9.48 Å². The average molecular weight is 362 g/mol. The third-order valence-corrected chi connectivity index (χ3v) is 4.98. The van der Waals surface area contributed by atoms with Crippen LogP contribution in [0.4, 0.5) is 11.5 Å². The van der Waals surface area contributed by atoms with E-state index in [2.05, 4.69) is 41.6 Å². The first-order valence-corrected chi connectivity index (χ1v) is 9.22. The summed E-state index contributed by atoms with van der Waals surface area (Å²) in [7, 11) is 0. The molecule has 1 amide bonds. The van der Waals surface area contributed by atoms with Crippen LogP contribution < -0.4 is 11.1 Å². The van der Waals surface area contributed by atoms with Gasteiger partial charge in [0.1, 0.15) is 0 Å². The second kappa shape index (κ2) is 8.08. The summed E-state index contributed by atoms with van der Waals surface area (Å²) in [5.74, 6) is 0.481. The van der Waals surface area contributed by atoms with Gasteiger partial charge in [0.25, 0.3) is 0 Å². The first-order chi connectivity index (χ1) is 13.0. The van der Waals surface area contributed by atoms with Crippen molar-refractivity contribution in [3.8, 4) is 0 Å². The molecule has 140 valence electrons. The van der Waals surface area contributed by atoms with Gasteiger partial charge in [0.2, 0.25) is 5.91 Å². The number of rotatable bonds is 6. The molecule has 2 aromatic carbocycles. The second-order valence-corrected chi connectivity index (χ2v) is 6.86. The third kappa shape index (κ3) is 4.56. The molecule has 27 heavy (non-hydrogen) atoms. The first kappa shape index (κ1) is 18.7. The number of hydrogen-bond acceptors (Lipinski definition) is 3. The molecule has 0 aliphatic rings. The predicted octanol–water partition coefficient (Wildman–Crippen LogP) is 3.87. The fourth-order valence-electron chi connectivity index (χ4n) is 3.03. The van der Waals surface area contributed by atoms with Crippen molar-refractivity contribution in [2.45, 2.75) is 40.2 Å². The van der Waals surface area contributed by atoms with E-state index in [0.717, 1.165) is 28.8 Å². The molecule has 0 fully saturated rings. The molecular weight excluding hydrogens is 336 g/mol. The van der Waals surface area contributed by atoms with Gasteiger partial charge in [-0.1, -0.05) is 37.3 Å². The van der Waals surface area contributed by atoms with Crippen LogP contribution in [0.25, 0.3) is 0 Å². The van der Waals surface area contributed by atoms with Crippen LogP contribution in [-0.2, 0) is 24.2 Å². The summed E-state index contributed by atoms with van der Waals surface area (Å²) in [6.45, 7) is 6.79. The Kier molecular flexibility index (Phi) is 5.60. The highest BCUT2D eigenvalue weighted by molar-refractivity contribution is 5.91. The Balaban J connectivity index is 1.61. The van der Waals surface area contributed by atoms with Crippen molar-refractivity contribution in [1.82, 2.24) is 9.78 Å². The fourth-order valence-corrected chi connectivity index (χ4v) is 3.03. The summed E-state index contributed by atoms with van der Waals surface area (Å²) in [5.41, 5.74) is 12.2. The Morgan fingerprint density at radius 3 is 2.44 bits per heavy atom. The van der Waals surface area contributed by atoms with Crippen molar-refractivity contribution in [1.29, 1.82) is 0 Å². The monoisotopic (exact) mass is 362 g/mol. The van der Waals surface area contributed by atoms with Crippen molar-refractivity contribution in [3.05, 3.63) is 76.5 Å². The van der Waals surface area contributed by atoms with Gasteiger partial charge >= 0.3 is 0 Å². The summed E-state index contributed by atoms with van der Waals surface area (Å²) in [6, 6.07) is 14.1. The molecule has 0 saturated carbocycles. The Morgan fingerprint density at radius 2 is 1.74 bits per heavy atom. The van der Waals surface area contributed by atoms with Crippen LogP contribution in [0.15, 0.2) is 48.7 Å². The van der Waals surface area contributed by atoms with Gasteiger partial charge < -0.3 is 11.1 Å². The average Bonchev–Trinajstić information content (AvgIpc) is 3.09. The van der Waals surface area contributed by atoms with Crippen LogP contribution in [0.3, 0.4) is 0 Å². The van der Waals surface area contributed by atoms with Gasteiger partial charge in [0, 0.05) is 18.0 Å². The van der Waals surface area contributed by atoms with Gasteiger partial charge in [-0.2, -0.15) is 5.10 Å². The number of benzene rings is 2. The van der Waals surface area contributed by atoms with Crippen molar-refractivity contribution in [3.63, 3.8) is 0 Å². The van der Waals surface area contributed by atoms with Crippen LogP contribution in [0.2, 0.25) is 0 Å². The minimum absolute atomic E-state index is 0.0835. The lowest BCUT2D eigenvalue weighted by molar-refractivity contribution is -0.115. The topological polar surface area (TPSA) is 72.9 Å². The van der Waals surface area contributed by atoms with E-state index in [9.17, 15) is 4.79 Å². The van der Waals surface area contributed by atoms with E-state index in [4.69, 9.17) is 5.73 Å². The number of aryl methyl sites for hydroxylation is 1. The Morgan fingerprint density at radius 1 is 1.04 bits per heavy atom. The van der Waals surface area contributed by atoms with E-state index in [-0.39, 0.29) is 5.91 Å². The molecule has 5 heteroatoms. The van der Waals surface area contributed by atoms with Crippen molar-refractivity contribution >= 4 is 17.4 Å². The Bertz CT molecular complexity index is 941. The van der Waals surface area contributed by atoms with Gasteiger partial charge in [-0.05, 0) is 54.2 Å². The number of carbonyl (C=O) groups is 1. The number of amides is 1. The van der Waals surface area contributed by atoms with Crippen LogP contribution in [0, 0.1) is 13.8 Å². The zero-order valence-corrected chi connectivity index (χ0v) is 16.1. The normalized spacial score (nSPS) is 10.8. The Labute approximate surface area is 160 Å². The van der Waals surface area contributed by atoms with E-state index in [1.807, 2.05) is 42.9 Å². The zero-order chi connectivity index (χ0) is 19.4. The minimum atomic E-state index is -0.0835. The number of aromatic nitrogens is 2. The molecule has 1 heterocycles. The number of nitrogens with two attached hydrogens (primary N) is 1. The van der Waals surface area contributed by atoms with Crippen LogP contribution in [0.1, 0.15) is 34.7 Å².